The predicted molar refractivity (Wildman–Crippen MR) is 85.1 cm³/mol. The average Bonchev–Trinajstić information content (AvgIpc) is 2.77. The van der Waals surface area contributed by atoms with Crippen molar-refractivity contribution in [1.29, 1.82) is 0 Å². The Balaban J connectivity index is 1.98. The molecular formula is C16H22BrNO3. The zero-order valence-electron chi connectivity index (χ0n) is 12.6. The Kier molecular flexibility index (Phi) is 4.43. The third kappa shape index (κ3) is 2.91. The summed E-state index contributed by atoms with van der Waals surface area (Å²) in [6.45, 7) is 4.41. The third-order valence-electron chi connectivity index (χ3n) is 4.33. The molecule has 3 rings (SSSR count). The van der Waals surface area contributed by atoms with Crippen molar-refractivity contribution in [2.24, 2.45) is 0 Å². The molecule has 0 amide bonds. The highest BCUT2D eigenvalue weighted by Gasteiger charge is 2.39. The highest BCUT2D eigenvalue weighted by atomic mass is 79.9. The second-order valence-corrected chi connectivity index (χ2v) is 6.71. The lowest BCUT2D eigenvalue weighted by atomic mass is 9.87. The second kappa shape index (κ2) is 6.15. The molecule has 2 atom stereocenters. The third-order valence-corrected chi connectivity index (χ3v) is 5.01. The molecule has 1 fully saturated rings. The molecular weight excluding hydrogens is 334 g/mol. The predicted octanol–water partition coefficient (Wildman–Crippen LogP) is 3.44. The van der Waals surface area contributed by atoms with Crippen LogP contribution < -0.4 is 14.8 Å². The average molecular weight is 356 g/mol. The van der Waals surface area contributed by atoms with Crippen LogP contribution in [0.1, 0.15) is 37.8 Å². The molecule has 1 saturated heterocycles. The minimum absolute atomic E-state index is 0.117. The number of hydrogen-bond acceptors (Lipinski definition) is 4. The van der Waals surface area contributed by atoms with Gasteiger partial charge in [0.05, 0.1) is 24.9 Å². The largest absolute Gasteiger partial charge is 0.490 e. The molecule has 0 bridgehead atoms. The van der Waals surface area contributed by atoms with Gasteiger partial charge in [-0.05, 0) is 44.5 Å². The van der Waals surface area contributed by atoms with Gasteiger partial charge in [-0.3, -0.25) is 0 Å². The number of nitrogens with one attached hydrogen (secondary N) is 1. The fourth-order valence-corrected chi connectivity index (χ4v) is 3.79. The van der Waals surface area contributed by atoms with Crippen LogP contribution in [0.25, 0.3) is 0 Å². The maximum Gasteiger partial charge on any atom is 0.162 e. The molecule has 2 aliphatic heterocycles. The second-order valence-electron chi connectivity index (χ2n) is 5.86. The van der Waals surface area contributed by atoms with Crippen molar-refractivity contribution in [3.05, 3.63) is 22.2 Å². The van der Waals surface area contributed by atoms with E-state index < -0.39 is 0 Å². The molecule has 1 aromatic carbocycles. The van der Waals surface area contributed by atoms with Gasteiger partial charge in [-0.15, -0.1) is 0 Å². The van der Waals surface area contributed by atoms with Crippen LogP contribution in [0, 0.1) is 0 Å². The molecule has 2 unspecified atom stereocenters. The van der Waals surface area contributed by atoms with Crippen LogP contribution in [0.5, 0.6) is 11.5 Å². The van der Waals surface area contributed by atoms with Gasteiger partial charge in [0.1, 0.15) is 0 Å². The quantitative estimate of drug-likeness (QED) is 0.901. The van der Waals surface area contributed by atoms with Crippen molar-refractivity contribution in [1.82, 2.24) is 5.32 Å². The summed E-state index contributed by atoms with van der Waals surface area (Å²) in [4.78, 5) is 0. The van der Waals surface area contributed by atoms with Crippen LogP contribution in [0.2, 0.25) is 0 Å². The number of halogens is 1. The van der Waals surface area contributed by atoms with E-state index in [0.717, 1.165) is 47.4 Å². The van der Waals surface area contributed by atoms with Crippen LogP contribution in [0.3, 0.4) is 0 Å². The summed E-state index contributed by atoms with van der Waals surface area (Å²) >= 11 is 3.68. The molecule has 1 aromatic rings. The van der Waals surface area contributed by atoms with Crippen LogP contribution in [-0.2, 0) is 4.74 Å². The Morgan fingerprint density at radius 1 is 1.14 bits per heavy atom. The van der Waals surface area contributed by atoms with Crippen LogP contribution in [0.4, 0.5) is 0 Å². The molecule has 0 spiro atoms. The van der Waals surface area contributed by atoms with Gasteiger partial charge in [-0.25, -0.2) is 0 Å². The first kappa shape index (κ1) is 15.1. The Morgan fingerprint density at radius 2 is 1.86 bits per heavy atom. The number of fused-ring (bicyclic) bond motifs is 1. The summed E-state index contributed by atoms with van der Waals surface area (Å²) < 4.78 is 18.6. The highest BCUT2D eigenvalue weighted by Crippen LogP contribution is 2.43. The Bertz CT molecular complexity index is 514. The fraction of sp³-hybridized carbons (Fsp3) is 0.625. The van der Waals surface area contributed by atoms with E-state index in [9.17, 15) is 0 Å². The van der Waals surface area contributed by atoms with E-state index in [1.165, 1.54) is 0 Å². The summed E-state index contributed by atoms with van der Waals surface area (Å²) in [5.74, 6) is 1.64. The van der Waals surface area contributed by atoms with E-state index in [4.69, 9.17) is 14.2 Å². The zero-order chi connectivity index (χ0) is 14.9. The summed E-state index contributed by atoms with van der Waals surface area (Å²) in [6, 6.07) is 4.21. The standard InChI is InChI=1S/C16H22BrNO3/c1-16(5-3-8-21-16)15(18-2)11-9-13-14(10-12(11)17)20-7-4-6-19-13/h9-10,15,18H,3-8H2,1-2H3. The normalized spacial score (nSPS) is 26.4. The van der Waals surface area contributed by atoms with Gasteiger partial charge in [0.15, 0.2) is 11.5 Å². The van der Waals surface area contributed by atoms with E-state index >= 15 is 0 Å². The first-order valence-electron chi connectivity index (χ1n) is 7.54. The van der Waals surface area contributed by atoms with E-state index in [0.29, 0.717) is 13.2 Å². The number of ether oxygens (including phenoxy) is 3. The smallest absolute Gasteiger partial charge is 0.162 e. The van der Waals surface area contributed by atoms with Gasteiger partial charge >= 0.3 is 0 Å². The molecule has 4 nitrogen and oxygen atoms in total. The van der Waals surface area contributed by atoms with Gasteiger partial charge in [0.2, 0.25) is 0 Å². The summed E-state index contributed by atoms with van der Waals surface area (Å²) in [6.07, 6.45) is 3.08. The molecule has 1 N–H and O–H groups in total. The van der Waals surface area contributed by atoms with E-state index in [1.54, 1.807) is 0 Å². The molecule has 5 heteroatoms. The van der Waals surface area contributed by atoms with Gasteiger partial charge in [0.25, 0.3) is 0 Å². The lowest BCUT2D eigenvalue weighted by Crippen LogP contribution is -2.39. The number of hydrogen-bond donors (Lipinski definition) is 1. The van der Waals surface area contributed by atoms with Gasteiger partial charge < -0.3 is 19.5 Å². The van der Waals surface area contributed by atoms with Crippen LogP contribution in [0.15, 0.2) is 16.6 Å². The maximum absolute atomic E-state index is 6.02. The minimum atomic E-state index is -0.183. The van der Waals surface area contributed by atoms with E-state index in [1.807, 2.05) is 13.1 Å². The van der Waals surface area contributed by atoms with Crippen molar-refractivity contribution < 1.29 is 14.2 Å². The van der Waals surface area contributed by atoms with Crippen molar-refractivity contribution >= 4 is 15.9 Å². The molecule has 21 heavy (non-hydrogen) atoms. The van der Waals surface area contributed by atoms with Crippen molar-refractivity contribution in [3.63, 3.8) is 0 Å². The molecule has 0 aromatic heterocycles. The summed E-state index contributed by atoms with van der Waals surface area (Å²) in [7, 11) is 1.98. The Labute approximate surface area is 134 Å². The number of likely N-dealkylation sites (N-methyl/N-ethyl adjacent to an activating group) is 1. The summed E-state index contributed by atoms with van der Waals surface area (Å²) in [5.41, 5.74) is 0.975. The number of benzene rings is 1. The summed E-state index contributed by atoms with van der Waals surface area (Å²) in [5, 5.41) is 3.41. The first-order valence-corrected chi connectivity index (χ1v) is 8.33. The number of rotatable bonds is 3. The molecule has 0 saturated carbocycles. The Morgan fingerprint density at radius 3 is 2.48 bits per heavy atom. The molecule has 2 heterocycles. The van der Waals surface area contributed by atoms with E-state index in [2.05, 4.69) is 34.2 Å². The van der Waals surface area contributed by atoms with Gasteiger partial charge in [-0.2, -0.15) is 0 Å². The van der Waals surface area contributed by atoms with Crippen molar-refractivity contribution in [2.45, 2.75) is 37.8 Å². The van der Waals surface area contributed by atoms with Gasteiger partial charge in [0, 0.05) is 17.5 Å². The highest BCUT2D eigenvalue weighted by molar-refractivity contribution is 9.10. The molecule has 0 radical (unpaired) electrons. The SMILES string of the molecule is CNC(c1cc2c(cc1Br)OCCCO2)C1(C)CCCO1. The maximum atomic E-state index is 6.02. The first-order chi connectivity index (χ1) is 10.1. The molecule has 0 aliphatic carbocycles. The van der Waals surface area contributed by atoms with Gasteiger partial charge in [-0.1, -0.05) is 15.9 Å². The van der Waals surface area contributed by atoms with E-state index in [-0.39, 0.29) is 11.6 Å². The lowest BCUT2D eigenvalue weighted by Gasteiger charge is -2.34. The lowest BCUT2D eigenvalue weighted by molar-refractivity contribution is -0.0107. The monoisotopic (exact) mass is 355 g/mol. The van der Waals surface area contributed by atoms with Crippen molar-refractivity contribution in [2.75, 3.05) is 26.9 Å². The van der Waals surface area contributed by atoms with Crippen molar-refractivity contribution in [3.8, 4) is 11.5 Å². The molecule has 116 valence electrons. The zero-order valence-corrected chi connectivity index (χ0v) is 14.2. The van der Waals surface area contributed by atoms with Crippen LogP contribution in [-0.4, -0.2) is 32.5 Å². The minimum Gasteiger partial charge on any atom is -0.490 e. The topological polar surface area (TPSA) is 39.7 Å². The Hall–Kier alpha value is -0.780. The molecule has 2 aliphatic rings. The fourth-order valence-electron chi connectivity index (χ4n) is 3.24. The van der Waals surface area contributed by atoms with Crippen LogP contribution >= 0.6 is 15.9 Å².